The van der Waals surface area contributed by atoms with Gasteiger partial charge in [0, 0.05) is 0 Å². The monoisotopic (exact) mass is 196 g/mol. The molecule has 0 fully saturated rings. The van der Waals surface area contributed by atoms with Crippen molar-refractivity contribution in [2.75, 3.05) is 0 Å². The summed E-state index contributed by atoms with van der Waals surface area (Å²) >= 11 is 0. The highest BCUT2D eigenvalue weighted by molar-refractivity contribution is 5.02. The first-order valence-electron chi connectivity index (χ1n) is 5.53. The summed E-state index contributed by atoms with van der Waals surface area (Å²) in [5.74, 6) is 0. The van der Waals surface area contributed by atoms with E-state index in [1.165, 1.54) is 11.1 Å². The van der Waals surface area contributed by atoms with Crippen molar-refractivity contribution in [3.05, 3.63) is 23.3 Å². The first-order chi connectivity index (χ1) is 6.56. The van der Waals surface area contributed by atoms with Gasteiger partial charge in [0.25, 0.3) is 0 Å². The van der Waals surface area contributed by atoms with Crippen molar-refractivity contribution in [3.63, 3.8) is 0 Å². The molecule has 0 saturated carbocycles. The zero-order valence-corrected chi connectivity index (χ0v) is 10.0. The van der Waals surface area contributed by atoms with Crippen molar-refractivity contribution in [2.24, 2.45) is 0 Å². The van der Waals surface area contributed by atoms with Crippen molar-refractivity contribution >= 4 is 0 Å². The highest BCUT2D eigenvalue weighted by atomic mass is 16.3. The molecule has 1 atom stereocenters. The minimum Gasteiger partial charge on any atom is -0.393 e. The van der Waals surface area contributed by atoms with Gasteiger partial charge in [0.05, 0.1) is 6.10 Å². The molecule has 1 unspecified atom stereocenters. The van der Waals surface area contributed by atoms with Gasteiger partial charge >= 0.3 is 0 Å². The maximum atomic E-state index is 9.36. The molecule has 0 aromatic rings. The quantitative estimate of drug-likeness (QED) is 0.640. The van der Waals surface area contributed by atoms with Crippen LogP contribution in [0.25, 0.3) is 0 Å². The normalized spacial score (nSPS) is 13.9. The van der Waals surface area contributed by atoms with Crippen LogP contribution in [0.3, 0.4) is 0 Å². The zero-order valence-electron chi connectivity index (χ0n) is 10.0. The van der Waals surface area contributed by atoms with Gasteiger partial charge in [0.15, 0.2) is 0 Å². The Morgan fingerprint density at radius 2 is 1.86 bits per heavy atom. The second-order valence-electron chi connectivity index (χ2n) is 4.17. The van der Waals surface area contributed by atoms with Gasteiger partial charge in [0.2, 0.25) is 0 Å². The topological polar surface area (TPSA) is 20.2 Å². The van der Waals surface area contributed by atoms with Crippen molar-refractivity contribution < 1.29 is 5.11 Å². The summed E-state index contributed by atoms with van der Waals surface area (Å²) < 4.78 is 0. The maximum Gasteiger partial charge on any atom is 0.0572 e. The van der Waals surface area contributed by atoms with Crippen LogP contribution >= 0.6 is 0 Å². The lowest BCUT2D eigenvalue weighted by molar-refractivity contribution is 0.173. The zero-order chi connectivity index (χ0) is 11.0. The van der Waals surface area contributed by atoms with Crippen molar-refractivity contribution in [1.29, 1.82) is 0 Å². The lowest BCUT2D eigenvalue weighted by Gasteiger charge is -2.04. The minimum absolute atomic E-state index is 0.159. The fourth-order valence-electron chi connectivity index (χ4n) is 1.19. The van der Waals surface area contributed by atoms with Crippen LogP contribution in [0.2, 0.25) is 0 Å². The molecule has 0 aliphatic heterocycles. The average Bonchev–Trinajstić information content (AvgIpc) is 2.13. The van der Waals surface area contributed by atoms with E-state index in [1.807, 2.05) is 6.92 Å². The molecule has 0 aromatic carbocycles. The Morgan fingerprint density at radius 1 is 1.21 bits per heavy atom. The molecule has 0 aliphatic carbocycles. The van der Waals surface area contributed by atoms with Crippen molar-refractivity contribution in [3.8, 4) is 0 Å². The molecule has 0 aromatic heterocycles. The number of hydrogen-bond donors (Lipinski definition) is 1. The Labute approximate surface area is 88.5 Å². The summed E-state index contributed by atoms with van der Waals surface area (Å²) in [6.07, 6.45) is 8.14. The molecule has 0 heterocycles. The average molecular weight is 196 g/mol. The van der Waals surface area contributed by atoms with E-state index in [1.54, 1.807) is 0 Å². The molecule has 0 amide bonds. The lowest BCUT2D eigenvalue weighted by Crippen LogP contribution is -2.01. The van der Waals surface area contributed by atoms with Crippen LogP contribution in [-0.4, -0.2) is 11.2 Å². The van der Waals surface area contributed by atoms with Crippen LogP contribution in [0.4, 0.5) is 0 Å². The third-order valence-corrected chi connectivity index (χ3v) is 2.30. The lowest BCUT2D eigenvalue weighted by atomic mass is 10.1. The SMILES string of the molecule is CCC(O)C/C=C(\C)CCC=C(C)C. The summed E-state index contributed by atoms with van der Waals surface area (Å²) in [6.45, 7) is 8.40. The number of aliphatic hydroxyl groups is 1. The molecule has 1 nitrogen and oxygen atoms in total. The predicted octanol–water partition coefficient (Wildman–Crippen LogP) is 3.84. The van der Waals surface area contributed by atoms with E-state index < -0.39 is 0 Å². The fraction of sp³-hybridized carbons (Fsp3) is 0.692. The number of hydrogen-bond acceptors (Lipinski definition) is 1. The molecule has 0 saturated heterocycles. The molecule has 0 radical (unpaired) electrons. The molecule has 14 heavy (non-hydrogen) atoms. The summed E-state index contributed by atoms with van der Waals surface area (Å²) in [6, 6.07) is 0. The molecule has 82 valence electrons. The highest BCUT2D eigenvalue weighted by Gasteiger charge is 1.97. The van der Waals surface area contributed by atoms with Gasteiger partial charge in [0.1, 0.15) is 0 Å². The smallest absolute Gasteiger partial charge is 0.0572 e. The molecule has 1 N–H and O–H groups in total. The van der Waals surface area contributed by atoms with E-state index in [0.29, 0.717) is 0 Å². The Hall–Kier alpha value is -0.560. The summed E-state index contributed by atoms with van der Waals surface area (Å²) in [5, 5.41) is 9.36. The van der Waals surface area contributed by atoms with Gasteiger partial charge in [-0.2, -0.15) is 0 Å². The summed E-state index contributed by atoms with van der Waals surface area (Å²) in [5.41, 5.74) is 2.77. The Morgan fingerprint density at radius 3 is 2.36 bits per heavy atom. The third kappa shape index (κ3) is 8.06. The fourth-order valence-corrected chi connectivity index (χ4v) is 1.19. The van der Waals surface area contributed by atoms with E-state index in [2.05, 4.69) is 32.9 Å². The summed E-state index contributed by atoms with van der Waals surface area (Å²) in [7, 11) is 0. The number of allylic oxidation sites excluding steroid dienone is 3. The van der Waals surface area contributed by atoms with Gasteiger partial charge in [-0.1, -0.05) is 30.2 Å². The van der Waals surface area contributed by atoms with E-state index in [-0.39, 0.29) is 6.10 Å². The van der Waals surface area contributed by atoms with Gasteiger partial charge < -0.3 is 5.11 Å². The van der Waals surface area contributed by atoms with Gasteiger partial charge in [-0.25, -0.2) is 0 Å². The Balaban J connectivity index is 3.72. The van der Waals surface area contributed by atoms with Gasteiger partial charge in [-0.3, -0.25) is 0 Å². The molecule has 1 heteroatoms. The largest absolute Gasteiger partial charge is 0.393 e. The number of rotatable bonds is 6. The third-order valence-electron chi connectivity index (χ3n) is 2.30. The standard InChI is InChI=1S/C13H24O/c1-5-13(14)10-9-12(4)8-6-7-11(2)3/h7,9,13-14H,5-6,8,10H2,1-4H3/b12-9+. The van der Waals surface area contributed by atoms with Crippen molar-refractivity contribution in [2.45, 2.75) is 59.5 Å². The van der Waals surface area contributed by atoms with Gasteiger partial charge in [-0.05, 0) is 46.5 Å². The molecule has 0 aliphatic rings. The van der Waals surface area contributed by atoms with Crippen LogP contribution in [0.1, 0.15) is 53.4 Å². The minimum atomic E-state index is -0.159. The van der Waals surface area contributed by atoms with Gasteiger partial charge in [-0.15, -0.1) is 0 Å². The summed E-state index contributed by atoms with van der Waals surface area (Å²) in [4.78, 5) is 0. The van der Waals surface area contributed by atoms with E-state index in [4.69, 9.17) is 0 Å². The van der Waals surface area contributed by atoms with Crippen LogP contribution < -0.4 is 0 Å². The second-order valence-corrected chi connectivity index (χ2v) is 4.17. The Bertz CT molecular complexity index is 197. The molecule has 0 bridgehead atoms. The van der Waals surface area contributed by atoms with E-state index in [9.17, 15) is 5.11 Å². The van der Waals surface area contributed by atoms with Crippen LogP contribution in [-0.2, 0) is 0 Å². The number of aliphatic hydroxyl groups excluding tert-OH is 1. The maximum absolute atomic E-state index is 9.36. The van der Waals surface area contributed by atoms with Crippen LogP contribution in [0.5, 0.6) is 0 Å². The Kier molecular flexibility index (Phi) is 7.50. The highest BCUT2D eigenvalue weighted by Crippen LogP contribution is 2.09. The second kappa shape index (κ2) is 7.81. The van der Waals surface area contributed by atoms with Crippen molar-refractivity contribution in [1.82, 2.24) is 0 Å². The molecular weight excluding hydrogens is 172 g/mol. The molecule has 0 spiro atoms. The molecular formula is C13H24O. The predicted molar refractivity (Wildman–Crippen MR) is 63.3 cm³/mol. The van der Waals surface area contributed by atoms with Crippen LogP contribution in [0.15, 0.2) is 23.3 Å². The van der Waals surface area contributed by atoms with Crippen LogP contribution in [0, 0.1) is 0 Å². The first-order valence-corrected chi connectivity index (χ1v) is 5.53. The van der Waals surface area contributed by atoms with E-state index in [0.717, 1.165) is 25.7 Å². The first kappa shape index (κ1) is 13.4. The van der Waals surface area contributed by atoms with E-state index >= 15 is 0 Å². The molecule has 0 rings (SSSR count).